The van der Waals surface area contributed by atoms with Gasteiger partial charge in [-0.15, -0.1) is 0 Å². The Labute approximate surface area is 307 Å². The van der Waals surface area contributed by atoms with Gasteiger partial charge in [-0.3, -0.25) is 24.7 Å². The van der Waals surface area contributed by atoms with Gasteiger partial charge in [0.05, 0.1) is 12.5 Å². The van der Waals surface area contributed by atoms with Gasteiger partial charge >= 0.3 is 6.03 Å². The summed E-state index contributed by atoms with van der Waals surface area (Å²) in [5.41, 5.74) is 12.2. The standard InChI is InChI=1S/C37H48F2N8O6/c1-2-32(49)42-17-18-44-37(52)47-36(41)43-16-9-14-31(34(50)45-23-28-29(38)21-26(48)22-30(28)39)46-35(51)33(24-10-4-3-5-11-24)25-12-8-13-27(20-25)53-19-7-6-15-40/h3-5,8,10-13,20-22,31,33,48H,2,6-7,9,14-19,23,40H2,1H3,(H,42,49)(H,45,50)(H,46,51)(H4,41,43,44,47,52). The van der Waals surface area contributed by atoms with Crippen LogP contribution in [0.1, 0.15) is 61.6 Å². The van der Waals surface area contributed by atoms with Crippen LogP contribution in [0.3, 0.4) is 0 Å². The molecule has 14 nitrogen and oxygen atoms in total. The van der Waals surface area contributed by atoms with Crippen LogP contribution in [0.4, 0.5) is 13.6 Å². The Kier molecular flexibility index (Phi) is 17.5. The van der Waals surface area contributed by atoms with Gasteiger partial charge in [0.1, 0.15) is 29.2 Å². The van der Waals surface area contributed by atoms with E-state index in [0.29, 0.717) is 36.4 Å². The van der Waals surface area contributed by atoms with Crippen molar-refractivity contribution in [2.24, 2.45) is 16.5 Å². The van der Waals surface area contributed by atoms with Crippen LogP contribution in [-0.2, 0) is 20.9 Å². The Balaban J connectivity index is 1.76. The van der Waals surface area contributed by atoms with Gasteiger partial charge in [0, 0.05) is 50.3 Å². The van der Waals surface area contributed by atoms with E-state index in [-0.39, 0.29) is 44.3 Å². The third-order valence-electron chi connectivity index (χ3n) is 7.88. The number of urea groups is 1. The van der Waals surface area contributed by atoms with E-state index in [4.69, 9.17) is 16.2 Å². The number of rotatable bonds is 20. The predicted molar refractivity (Wildman–Crippen MR) is 196 cm³/mol. The van der Waals surface area contributed by atoms with Crippen LogP contribution in [0.15, 0.2) is 71.7 Å². The molecule has 0 aromatic heterocycles. The SMILES string of the molecule is CCC(=O)NCCNC(=O)NC(N)=NCCCC(NC(=O)C(c1ccccc1)c1cccc(OCCCCN)c1)C(=O)NCc1c(F)cc(O)cc1F. The van der Waals surface area contributed by atoms with Crippen molar-refractivity contribution in [3.8, 4) is 11.5 Å². The quantitative estimate of drug-likeness (QED) is 0.0488. The minimum atomic E-state index is -1.18. The molecule has 16 heteroatoms. The molecule has 5 amide bonds. The Bertz CT molecular complexity index is 1670. The first-order chi connectivity index (χ1) is 25.5. The Morgan fingerprint density at radius 3 is 2.26 bits per heavy atom. The lowest BCUT2D eigenvalue weighted by atomic mass is 9.90. The summed E-state index contributed by atoms with van der Waals surface area (Å²) in [4.78, 5) is 55.1. The van der Waals surface area contributed by atoms with Gasteiger partial charge in [0.25, 0.3) is 0 Å². The molecule has 3 rings (SSSR count). The van der Waals surface area contributed by atoms with Gasteiger partial charge in [0.15, 0.2) is 5.96 Å². The second-order valence-electron chi connectivity index (χ2n) is 11.9. The molecule has 0 heterocycles. The number of ether oxygens (including phenoxy) is 1. The number of aromatic hydroxyl groups is 1. The highest BCUT2D eigenvalue weighted by Gasteiger charge is 2.28. The zero-order valence-electron chi connectivity index (χ0n) is 29.6. The first-order valence-electron chi connectivity index (χ1n) is 17.4. The molecule has 0 spiro atoms. The van der Waals surface area contributed by atoms with Gasteiger partial charge in [0.2, 0.25) is 17.7 Å². The van der Waals surface area contributed by atoms with Gasteiger partial charge in [-0.1, -0.05) is 49.4 Å². The number of guanidine groups is 1. The second-order valence-corrected chi connectivity index (χ2v) is 11.9. The molecule has 0 aliphatic carbocycles. The second kappa shape index (κ2) is 22.2. The number of amides is 5. The fourth-order valence-electron chi connectivity index (χ4n) is 5.14. The summed E-state index contributed by atoms with van der Waals surface area (Å²) in [6.45, 7) is 2.58. The number of carbonyl (C=O) groups excluding carboxylic acids is 4. The molecule has 10 N–H and O–H groups in total. The number of hydrogen-bond donors (Lipinski definition) is 8. The van der Waals surface area contributed by atoms with Crippen LogP contribution in [0.5, 0.6) is 11.5 Å². The molecule has 3 aromatic rings. The van der Waals surface area contributed by atoms with Gasteiger partial charge in [-0.2, -0.15) is 0 Å². The fraction of sp³-hybridized carbons (Fsp3) is 0.378. The van der Waals surface area contributed by atoms with Crippen molar-refractivity contribution in [1.82, 2.24) is 26.6 Å². The number of halogens is 2. The van der Waals surface area contributed by atoms with Gasteiger partial charge in [-0.05, 0) is 55.5 Å². The van der Waals surface area contributed by atoms with E-state index >= 15 is 0 Å². The molecular weight excluding hydrogens is 690 g/mol. The minimum Gasteiger partial charge on any atom is -0.508 e. The number of carbonyl (C=O) groups is 4. The molecule has 286 valence electrons. The normalized spacial score (nSPS) is 12.3. The van der Waals surface area contributed by atoms with Crippen LogP contribution in [0.25, 0.3) is 0 Å². The molecule has 0 bridgehead atoms. The van der Waals surface area contributed by atoms with E-state index in [9.17, 15) is 33.1 Å². The van der Waals surface area contributed by atoms with E-state index in [1.807, 2.05) is 6.07 Å². The molecule has 3 aromatic carbocycles. The lowest BCUT2D eigenvalue weighted by Crippen LogP contribution is -2.48. The lowest BCUT2D eigenvalue weighted by Gasteiger charge is -2.23. The molecule has 0 aliphatic rings. The highest BCUT2D eigenvalue weighted by atomic mass is 19.1. The summed E-state index contributed by atoms with van der Waals surface area (Å²) in [5, 5.41) is 22.3. The van der Waals surface area contributed by atoms with Crippen LogP contribution in [0.2, 0.25) is 0 Å². The van der Waals surface area contributed by atoms with Crippen molar-refractivity contribution >= 4 is 29.7 Å². The zero-order valence-corrected chi connectivity index (χ0v) is 29.6. The number of phenolic OH excluding ortho intramolecular Hbond substituents is 1. The van der Waals surface area contributed by atoms with Crippen molar-refractivity contribution in [3.63, 3.8) is 0 Å². The van der Waals surface area contributed by atoms with E-state index in [1.165, 1.54) is 0 Å². The van der Waals surface area contributed by atoms with Crippen molar-refractivity contribution in [1.29, 1.82) is 0 Å². The maximum atomic E-state index is 14.4. The maximum Gasteiger partial charge on any atom is 0.321 e. The summed E-state index contributed by atoms with van der Waals surface area (Å²) in [7, 11) is 0. The van der Waals surface area contributed by atoms with Gasteiger partial charge in [-0.25, -0.2) is 13.6 Å². The molecule has 0 radical (unpaired) electrons. The van der Waals surface area contributed by atoms with Crippen LogP contribution in [0, 0.1) is 11.6 Å². The minimum absolute atomic E-state index is 0.0318. The van der Waals surface area contributed by atoms with Crippen molar-refractivity contribution in [2.45, 2.75) is 57.5 Å². The molecule has 53 heavy (non-hydrogen) atoms. The van der Waals surface area contributed by atoms with Crippen LogP contribution in [-0.4, -0.2) is 73.6 Å². The summed E-state index contributed by atoms with van der Waals surface area (Å²) < 4.78 is 34.8. The van der Waals surface area contributed by atoms with E-state index < -0.39 is 59.3 Å². The zero-order chi connectivity index (χ0) is 38.6. The number of phenols is 1. The summed E-state index contributed by atoms with van der Waals surface area (Å²) in [6.07, 6.45) is 2.12. The highest BCUT2D eigenvalue weighted by Crippen LogP contribution is 2.28. The number of unbranched alkanes of at least 4 members (excludes halogenated alkanes) is 1. The van der Waals surface area contributed by atoms with E-state index in [0.717, 1.165) is 25.0 Å². The number of nitrogens with zero attached hydrogens (tertiary/aromatic N) is 1. The van der Waals surface area contributed by atoms with E-state index in [1.54, 1.807) is 55.5 Å². The average Bonchev–Trinajstić information content (AvgIpc) is 3.13. The first-order valence-corrected chi connectivity index (χ1v) is 17.4. The maximum absolute atomic E-state index is 14.4. The summed E-state index contributed by atoms with van der Waals surface area (Å²) in [6, 6.07) is 15.7. The number of aliphatic imine (C=N–C) groups is 1. The molecule has 0 saturated heterocycles. The van der Waals surface area contributed by atoms with Gasteiger partial charge < -0.3 is 42.6 Å². The predicted octanol–water partition coefficient (Wildman–Crippen LogP) is 2.64. The topological polar surface area (TPSA) is 222 Å². The van der Waals surface area contributed by atoms with Crippen molar-refractivity contribution < 1.29 is 37.8 Å². The Morgan fingerprint density at radius 2 is 1.57 bits per heavy atom. The number of hydrogen-bond acceptors (Lipinski definition) is 8. The number of nitrogens with two attached hydrogens (primary N) is 2. The molecule has 0 fully saturated rings. The smallest absolute Gasteiger partial charge is 0.321 e. The highest BCUT2D eigenvalue weighted by molar-refractivity contribution is 5.95. The fourth-order valence-corrected chi connectivity index (χ4v) is 5.14. The molecule has 0 saturated carbocycles. The number of nitrogens with one attached hydrogen (secondary N) is 5. The average molecular weight is 739 g/mol. The molecular formula is C37H48F2N8O6. The largest absolute Gasteiger partial charge is 0.508 e. The van der Waals surface area contributed by atoms with Crippen LogP contribution < -0.4 is 42.8 Å². The van der Waals surface area contributed by atoms with E-state index in [2.05, 4.69) is 31.6 Å². The third-order valence-corrected chi connectivity index (χ3v) is 7.88. The monoisotopic (exact) mass is 738 g/mol. The molecule has 0 aliphatic heterocycles. The molecule has 2 unspecified atom stereocenters. The lowest BCUT2D eigenvalue weighted by molar-refractivity contribution is -0.129. The molecule has 2 atom stereocenters. The van der Waals surface area contributed by atoms with Crippen molar-refractivity contribution in [2.75, 3.05) is 32.8 Å². The summed E-state index contributed by atoms with van der Waals surface area (Å²) in [5.74, 6) is -4.61. The van der Waals surface area contributed by atoms with Crippen LogP contribution >= 0.6 is 0 Å². The Morgan fingerprint density at radius 1 is 0.868 bits per heavy atom. The number of benzene rings is 3. The first kappa shape index (κ1) is 41.6. The summed E-state index contributed by atoms with van der Waals surface area (Å²) >= 11 is 0. The van der Waals surface area contributed by atoms with Crippen molar-refractivity contribution in [3.05, 3.63) is 95.1 Å². The third kappa shape index (κ3) is 14.4. The Hall–Kier alpha value is -5.77.